The largest absolute Gasteiger partial charge is 0.127 e. The minimum absolute atomic E-state index is 0.834. The van der Waals surface area contributed by atoms with Gasteiger partial charge < -0.3 is 0 Å². The van der Waals surface area contributed by atoms with Gasteiger partial charge in [-0.3, -0.25) is 0 Å². The monoisotopic (exact) mass is 372 g/mol. The first-order valence-electron chi connectivity index (χ1n) is 7.51. The van der Waals surface area contributed by atoms with Gasteiger partial charge in [0.2, 0.25) is 0 Å². The maximum atomic E-state index is 5.68. The molecule has 0 N–H and O–H groups in total. The van der Waals surface area contributed by atoms with E-state index in [1.54, 1.807) is 0 Å². The fraction of sp³-hybridized carbons (Fsp3) is 1.00. The van der Waals surface area contributed by atoms with E-state index in [0.29, 0.717) is 0 Å². The second-order valence-electron chi connectivity index (χ2n) is 5.05. The van der Waals surface area contributed by atoms with E-state index in [4.69, 9.17) is 11.6 Å². The molecule has 0 amide bonds. The molecule has 1 unspecified atom stereocenters. The van der Waals surface area contributed by atoms with E-state index in [9.17, 15) is 0 Å². The van der Waals surface area contributed by atoms with Crippen molar-refractivity contribution in [3.05, 3.63) is 0 Å². The number of alkyl halides is 2. The molecule has 0 aromatic carbocycles. The molecule has 17 heavy (non-hydrogen) atoms. The highest BCUT2D eigenvalue weighted by molar-refractivity contribution is 14.1. The fourth-order valence-electron chi connectivity index (χ4n) is 2.10. The molecule has 0 aromatic rings. The summed E-state index contributed by atoms with van der Waals surface area (Å²) in [5.74, 6) is 0.834. The van der Waals surface area contributed by atoms with E-state index in [0.717, 1.165) is 9.80 Å². The topological polar surface area (TPSA) is 0 Å². The van der Waals surface area contributed by atoms with Crippen LogP contribution in [0, 0.1) is 0 Å². The molecule has 0 nitrogen and oxygen atoms in total. The lowest BCUT2D eigenvalue weighted by atomic mass is 10.0. The molecular formula is C15H30ClI. The lowest BCUT2D eigenvalue weighted by Crippen LogP contribution is -1.97. The lowest BCUT2D eigenvalue weighted by Gasteiger charge is -2.08. The van der Waals surface area contributed by atoms with Crippen LogP contribution < -0.4 is 0 Å². The summed E-state index contributed by atoms with van der Waals surface area (Å²) in [6.07, 6.45) is 16.8. The van der Waals surface area contributed by atoms with Gasteiger partial charge in [0.1, 0.15) is 0 Å². The third kappa shape index (κ3) is 15.0. The van der Waals surface area contributed by atoms with Gasteiger partial charge in [-0.2, -0.15) is 0 Å². The Morgan fingerprint density at radius 3 is 1.76 bits per heavy atom. The van der Waals surface area contributed by atoms with Crippen molar-refractivity contribution in [2.24, 2.45) is 0 Å². The number of rotatable bonds is 13. The molecule has 0 fully saturated rings. The summed E-state index contributed by atoms with van der Waals surface area (Å²) in [7, 11) is 0. The maximum Gasteiger partial charge on any atom is 0.0223 e. The van der Waals surface area contributed by atoms with E-state index in [1.807, 2.05) is 0 Å². The molecular weight excluding hydrogens is 343 g/mol. The highest BCUT2D eigenvalue weighted by Crippen LogP contribution is 2.19. The highest BCUT2D eigenvalue weighted by atomic mass is 127. The van der Waals surface area contributed by atoms with Crippen molar-refractivity contribution in [3.63, 3.8) is 0 Å². The first kappa shape index (κ1) is 18.0. The summed E-state index contributed by atoms with van der Waals surface area (Å²) in [6.45, 7) is 2.28. The van der Waals surface area contributed by atoms with E-state index < -0.39 is 0 Å². The Labute approximate surface area is 127 Å². The average molecular weight is 373 g/mol. The zero-order valence-electron chi connectivity index (χ0n) is 11.5. The number of hydrogen-bond acceptors (Lipinski definition) is 0. The average Bonchev–Trinajstić information content (AvgIpc) is 2.33. The zero-order chi connectivity index (χ0) is 12.8. The standard InChI is InChI=1S/C15H30ClI/c1-2-3-4-5-6-7-8-9-12-15(17)13-10-11-14-16/h15H,2-14H2,1H3. The molecule has 1 atom stereocenters. The van der Waals surface area contributed by atoms with E-state index >= 15 is 0 Å². The van der Waals surface area contributed by atoms with Crippen molar-refractivity contribution >= 4 is 34.2 Å². The molecule has 0 aliphatic carbocycles. The van der Waals surface area contributed by atoms with Gasteiger partial charge in [0, 0.05) is 9.80 Å². The van der Waals surface area contributed by atoms with Crippen molar-refractivity contribution in [1.82, 2.24) is 0 Å². The molecule has 0 bridgehead atoms. The molecule has 0 heterocycles. The number of hydrogen-bond donors (Lipinski definition) is 0. The summed E-state index contributed by atoms with van der Waals surface area (Å²) in [5, 5.41) is 0. The van der Waals surface area contributed by atoms with Gasteiger partial charge in [0.25, 0.3) is 0 Å². The van der Waals surface area contributed by atoms with Gasteiger partial charge in [0.15, 0.2) is 0 Å². The summed E-state index contributed by atoms with van der Waals surface area (Å²) in [4.78, 5) is 0. The van der Waals surface area contributed by atoms with Crippen LogP contribution in [0.3, 0.4) is 0 Å². The minimum atomic E-state index is 0.834. The molecule has 0 saturated carbocycles. The summed E-state index contributed by atoms with van der Waals surface area (Å²) in [5.41, 5.74) is 0. The van der Waals surface area contributed by atoms with Crippen LogP contribution in [0.1, 0.15) is 84.0 Å². The van der Waals surface area contributed by atoms with Gasteiger partial charge in [-0.15, -0.1) is 11.6 Å². The summed E-state index contributed by atoms with van der Waals surface area (Å²) in [6, 6.07) is 0. The third-order valence-electron chi connectivity index (χ3n) is 3.27. The Morgan fingerprint density at radius 1 is 0.765 bits per heavy atom. The van der Waals surface area contributed by atoms with Crippen molar-refractivity contribution in [2.45, 2.75) is 87.9 Å². The Kier molecular flexibility index (Phi) is 16.0. The summed E-state index contributed by atoms with van der Waals surface area (Å²) >= 11 is 8.30. The Balaban J connectivity index is 3.05. The van der Waals surface area contributed by atoms with Crippen LogP contribution in [0.2, 0.25) is 0 Å². The molecule has 0 aliphatic heterocycles. The van der Waals surface area contributed by atoms with Crippen LogP contribution in [0.5, 0.6) is 0 Å². The van der Waals surface area contributed by atoms with E-state index in [2.05, 4.69) is 29.5 Å². The van der Waals surface area contributed by atoms with Gasteiger partial charge >= 0.3 is 0 Å². The molecule has 0 spiro atoms. The van der Waals surface area contributed by atoms with Gasteiger partial charge in [-0.1, -0.05) is 87.3 Å². The third-order valence-corrected chi connectivity index (χ3v) is 4.78. The molecule has 104 valence electrons. The molecule has 0 aromatic heterocycles. The zero-order valence-corrected chi connectivity index (χ0v) is 14.4. The predicted molar refractivity (Wildman–Crippen MR) is 89.6 cm³/mol. The van der Waals surface area contributed by atoms with Crippen molar-refractivity contribution < 1.29 is 0 Å². The second kappa shape index (κ2) is 15.1. The molecule has 0 saturated heterocycles. The van der Waals surface area contributed by atoms with Crippen LogP contribution in [-0.2, 0) is 0 Å². The normalized spacial score (nSPS) is 12.9. The fourth-order valence-corrected chi connectivity index (χ4v) is 3.17. The smallest absolute Gasteiger partial charge is 0.0223 e. The summed E-state index contributed by atoms with van der Waals surface area (Å²) < 4.78 is 0.885. The van der Waals surface area contributed by atoms with Crippen molar-refractivity contribution in [1.29, 1.82) is 0 Å². The Bertz CT molecular complexity index is 139. The SMILES string of the molecule is CCCCCCCCCCC(I)CCCCCl. The Morgan fingerprint density at radius 2 is 1.24 bits per heavy atom. The van der Waals surface area contributed by atoms with Crippen LogP contribution in [-0.4, -0.2) is 9.80 Å². The first-order chi connectivity index (χ1) is 8.31. The van der Waals surface area contributed by atoms with Gasteiger partial charge in [0.05, 0.1) is 0 Å². The van der Waals surface area contributed by atoms with Crippen LogP contribution in [0.15, 0.2) is 0 Å². The van der Waals surface area contributed by atoms with Gasteiger partial charge in [-0.25, -0.2) is 0 Å². The highest BCUT2D eigenvalue weighted by Gasteiger charge is 2.03. The van der Waals surface area contributed by atoms with Crippen molar-refractivity contribution in [3.8, 4) is 0 Å². The van der Waals surface area contributed by atoms with Crippen LogP contribution in [0.4, 0.5) is 0 Å². The maximum absolute atomic E-state index is 5.68. The van der Waals surface area contributed by atoms with Crippen LogP contribution in [0.25, 0.3) is 0 Å². The minimum Gasteiger partial charge on any atom is -0.127 e. The molecule has 0 rings (SSSR count). The van der Waals surface area contributed by atoms with Gasteiger partial charge in [-0.05, 0) is 19.3 Å². The first-order valence-corrected chi connectivity index (χ1v) is 9.29. The Hall–Kier alpha value is 1.02. The van der Waals surface area contributed by atoms with E-state index in [-0.39, 0.29) is 0 Å². The number of halogens is 2. The molecule has 0 radical (unpaired) electrons. The molecule has 2 heteroatoms. The van der Waals surface area contributed by atoms with Crippen molar-refractivity contribution in [2.75, 3.05) is 5.88 Å². The predicted octanol–water partition coefficient (Wildman–Crippen LogP) is 6.73. The quantitative estimate of drug-likeness (QED) is 0.191. The van der Waals surface area contributed by atoms with E-state index in [1.165, 1.54) is 77.0 Å². The number of unbranched alkanes of at least 4 members (excludes halogenated alkanes) is 8. The lowest BCUT2D eigenvalue weighted by molar-refractivity contribution is 0.553. The second-order valence-corrected chi connectivity index (χ2v) is 7.19. The molecule has 0 aliphatic rings. The van der Waals surface area contributed by atoms with Crippen LogP contribution >= 0.6 is 34.2 Å².